The van der Waals surface area contributed by atoms with Crippen LogP contribution in [0.4, 0.5) is 5.82 Å². The summed E-state index contributed by atoms with van der Waals surface area (Å²) < 4.78 is 50.7. The van der Waals surface area contributed by atoms with Crippen molar-refractivity contribution in [3.63, 3.8) is 0 Å². The zero-order chi connectivity index (χ0) is 17.6. The molecule has 1 heterocycles. The molecule has 2 aromatic rings. The highest BCUT2D eigenvalue weighted by Crippen LogP contribution is 2.36. The normalized spacial score (nSPS) is 13.1. The Morgan fingerprint density at radius 2 is 1.74 bits per heavy atom. The number of sulfonamides is 2. The highest BCUT2D eigenvalue weighted by atomic mass is 79.9. The van der Waals surface area contributed by atoms with Crippen LogP contribution in [0.5, 0.6) is 0 Å². The Morgan fingerprint density at radius 3 is 2.22 bits per heavy atom. The molecule has 0 aliphatic heterocycles. The molecule has 0 atom stereocenters. The van der Waals surface area contributed by atoms with Gasteiger partial charge in [-0.15, -0.1) is 3.71 Å². The lowest BCUT2D eigenvalue weighted by atomic mass is 10.1. The highest BCUT2D eigenvalue weighted by Gasteiger charge is 2.32. The van der Waals surface area contributed by atoms with Crippen molar-refractivity contribution in [3.05, 3.63) is 28.2 Å². The summed E-state index contributed by atoms with van der Waals surface area (Å²) in [6.07, 6.45) is 5.22. The van der Waals surface area contributed by atoms with Gasteiger partial charge < -0.3 is 0 Å². The van der Waals surface area contributed by atoms with E-state index >= 15 is 0 Å². The summed E-state index contributed by atoms with van der Waals surface area (Å²) in [7, 11) is -6.51. The van der Waals surface area contributed by atoms with Crippen LogP contribution in [-0.2, 0) is 27.1 Å². The number of fused-ring (bicyclic) bond motifs is 1. The molecule has 0 saturated heterocycles. The molecule has 0 amide bonds. The minimum absolute atomic E-state index is 0.137. The van der Waals surface area contributed by atoms with Crippen molar-refractivity contribution < 1.29 is 16.8 Å². The Hall–Kier alpha value is -1.39. The van der Waals surface area contributed by atoms with Crippen LogP contribution >= 0.6 is 15.9 Å². The van der Waals surface area contributed by atoms with E-state index in [1.807, 2.05) is 6.92 Å². The molecule has 0 aliphatic carbocycles. The topological polar surface area (TPSA) is 89.3 Å². The Balaban J connectivity index is 3.04. The second-order valence-electron chi connectivity index (χ2n) is 5.03. The standard InChI is InChI=1S/C13H16BrN3O4S2/c1-5-6-9-7-8-10(14)12-11(9)13(15-16(12)2)17(22(3,18)19)23(4,20)21/h5-8H,1-4H3/b6-5+. The Labute approximate surface area is 143 Å². The minimum atomic E-state index is -4.07. The van der Waals surface area contributed by atoms with Crippen LogP contribution in [0, 0.1) is 0 Å². The molecule has 7 nitrogen and oxygen atoms in total. The second-order valence-corrected chi connectivity index (χ2v) is 9.78. The van der Waals surface area contributed by atoms with Crippen molar-refractivity contribution in [1.29, 1.82) is 0 Å². The number of halogens is 1. The quantitative estimate of drug-likeness (QED) is 0.753. The molecule has 0 aliphatic rings. The first-order chi connectivity index (χ1) is 10.5. The van der Waals surface area contributed by atoms with E-state index in [9.17, 15) is 16.8 Å². The van der Waals surface area contributed by atoms with Gasteiger partial charge in [-0.3, -0.25) is 4.68 Å². The van der Waals surface area contributed by atoms with Crippen molar-refractivity contribution >= 4 is 58.8 Å². The van der Waals surface area contributed by atoms with Crippen LogP contribution in [-0.4, -0.2) is 39.1 Å². The van der Waals surface area contributed by atoms with Gasteiger partial charge in [0.1, 0.15) is 0 Å². The number of anilines is 1. The number of hydrogen-bond donors (Lipinski definition) is 0. The van der Waals surface area contributed by atoms with Crippen LogP contribution in [0.15, 0.2) is 22.7 Å². The van der Waals surface area contributed by atoms with Gasteiger partial charge in [0.15, 0.2) is 5.82 Å². The van der Waals surface area contributed by atoms with Gasteiger partial charge in [0.2, 0.25) is 20.0 Å². The van der Waals surface area contributed by atoms with Crippen LogP contribution in [0.1, 0.15) is 12.5 Å². The lowest BCUT2D eigenvalue weighted by Crippen LogP contribution is -2.35. The molecule has 0 unspecified atom stereocenters. The minimum Gasteiger partial charge on any atom is -0.265 e. The molecule has 23 heavy (non-hydrogen) atoms. The Kier molecular flexibility index (Phi) is 4.62. The third kappa shape index (κ3) is 3.29. The number of benzene rings is 1. The number of hydrogen-bond acceptors (Lipinski definition) is 5. The number of allylic oxidation sites excluding steroid dienone is 1. The SMILES string of the molecule is C/C=C/c1ccc(Br)c2c1c(N(S(C)(=O)=O)S(C)(=O)=O)nn2C. The summed E-state index contributed by atoms with van der Waals surface area (Å²) in [5, 5.41) is 4.59. The summed E-state index contributed by atoms with van der Waals surface area (Å²) in [6.45, 7) is 1.81. The van der Waals surface area contributed by atoms with Crippen molar-refractivity contribution in [2.24, 2.45) is 7.05 Å². The van der Waals surface area contributed by atoms with E-state index in [0.29, 0.717) is 24.6 Å². The van der Waals surface area contributed by atoms with E-state index in [1.54, 1.807) is 31.3 Å². The molecule has 126 valence electrons. The fourth-order valence-corrected chi connectivity index (χ4v) is 5.82. The third-order valence-electron chi connectivity index (χ3n) is 3.07. The number of aromatic nitrogens is 2. The fraction of sp³-hybridized carbons (Fsp3) is 0.308. The van der Waals surface area contributed by atoms with Gasteiger partial charge in [-0.05, 0) is 34.5 Å². The monoisotopic (exact) mass is 421 g/mol. The molecule has 10 heteroatoms. The van der Waals surface area contributed by atoms with Crippen LogP contribution in [0.2, 0.25) is 0 Å². The second kappa shape index (κ2) is 5.91. The average Bonchev–Trinajstić information content (AvgIpc) is 2.68. The number of rotatable bonds is 4. The van der Waals surface area contributed by atoms with Gasteiger partial charge >= 0.3 is 0 Å². The lowest BCUT2D eigenvalue weighted by Gasteiger charge is -2.17. The molecule has 0 radical (unpaired) electrons. The average molecular weight is 422 g/mol. The number of aryl methyl sites for hydroxylation is 1. The van der Waals surface area contributed by atoms with Crippen molar-refractivity contribution in [2.75, 3.05) is 16.2 Å². The first-order valence-electron chi connectivity index (χ1n) is 6.47. The van der Waals surface area contributed by atoms with Crippen LogP contribution < -0.4 is 3.71 Å². The van der Waals surface area contributed by atoms with Crippen molar-refractivity contribution in [2.45, 2.75) is 6.92 Å². The smallest absolute Gasteiger partial charge is 0.246 e. The first-order valence-corrected chi connectivity index (χ1v) is 11.0. The van der Waals surface area contributed by atoms with E-state index in [4.69, 9.17) is 0 Å². The maximum Gasteiger partial charge on any atom is 0.246 e. The lowest BCUT2D eigenvalue weighted by molar-refractivity contribution is 0.590. The molecule has 2 rings (SSSR count). The zero-order valence-electron chi connectivity index (χ0n) is 13.0. The van der Waals surface area contributed by atoms with Gasteiger partial charge in [0.05, 0.1) is 23.4 Å². The largest absolute Gasteiger partial charge is 0.265 e. The Morgan fingerprint density at radius 1 is 1.17 bits per heavy atom. The molecule has 0 bridgehead atoms. The van der Waals surface area contributed by atoms with E-state index < -0.39 is 20.0 Å². The molecular formula is C13H16BrN3O4S2. The van der Waals surface area contributed by atoms with Gasteiger partial charge in [-0.25, -0.2) is 16.8 Å². The van der Waals surface area contributed by atoms with Gasteiger partial charge in [0, 0.05) is 11.5 Å². The predicted octanol–water partition coefficient (Wildman–Crippen LogP) is 2.09. The van der Waals surface area contributed by atoms with E-state index in [1.165, 1.54) is 4.68 Å². The third-order valence-corrected chi connectivity index (χ3v) is 6.89. The molecule has 1 aromatic carbocycles. The summed E-state index contributed by atoms with van der Waals surface area (Å²) in [4.78, 5) is 0. The molecule has 0 spiro atoms. The highest BCUT2D eigenvalue weighted by molar-refractivity contribution is 9.10. The summed E-state index contributed by atoms with van der Waals surface area (Å²) >= 11 is 3.39. The van der Waals surface area contributed by atoms with Gasteiger partial charge in [-0.1, -0.05) is 18.2 Å². The first kappa shape index (κ1) is 18.0. The molecular weight excluding hydrogens is 406 g/mol. The maximum atomic E-state index is 12.1. The van der Waals surface area contributed by atoms with E-state index in [0.717, 1.165) is 12.5 Å². The fourth-order valence-electron chi connectivity index (χ4n) is 2.38. The molecule has 1 aromatic heterocycles. The van der Waals surface area contributed by atoms with Gasteiger partial charge in [0.25, 0.3) is 0 Å². The summed E-state index contributed by atoms with van der Waals surface area (Å²) in [5.41, 5.74) is 1.28. The number of nitrogens with zero attached hydrogens (tertiary/aromatic N) is 3. The van der Waals surface area contributed by atoms with Crippen molar-refractivity contribution in [1.82, 2.24) is 9.78 Å². The molecule has 0 fully saturated rings. The molecule has 0 saturated carbocycles. The van der Waals surface area contributed by atoms with Gasteiger partial charge in [-0.2, -0.15) is 5.10 Å². The summed E-state index contributed by atoms with van der Waals surface area (Å²) in [5.74, 6) is -0.137. The van der Waals surface area contributed by atoms with Crippen molar-refractivity contribution in [3.8, 4) is 0 Å². The van der Waals surface area contributed by atoms with E-state index in [2.05, 4.69) is 21.0 Å². The maximum absolute atomic E-state index is 12.1. The van der Waals surface area contributed by atoms with Crippen LogP contribution in [0.3, 0.4) is 0 Å². The van der Waals surface area contributed by atoms with E-state index in [-0.39, 0.29) is 5.82 Å². The molecule has 0 N–H and O–H groups in total. The predicted molar refractivity (Wildman–Crippen MR) is 95.3 cm³/mol. The Bertz CT molecular complexity index is 976. The summed E-state index contributed by atoms with van der Waals surface area (Å²) in [6, 6.07) is 3.56. The van der Waals surface area contributed by atoms with Crippen LogP contribution in [0.25, 0.3) is 17.0 Å². The zero-order valence-corrected chi connectivity index (χ0v) is 16.2.